The predicted molar refractivity (Wildman–Crippen MR) is 131 cm³/mol. The molecule has 13 heteroatoms. The number of nitrogens with one attached hydrogen (secondary N) is 2. The van der Waals surface area contributed by atoms with Crippen molar-refractivity contribution in [2.45, 2.75) is 20.2 Å². The predicted octanol–water partition coefficient (Wildman–Crippen LogP) is 4.42. The van der Waals surface area contributed by atoms with Crippen LogP contribution in [0, 0.1) is 0 Å². The van der Waals surface area contributed by atoms with Crippen molar-refractivity contribution >= 4 is 55.5 Å². The highest BCUT2D eigenvalue weighted by Crippen LogP contribution is 2.33. The van der Waals surface area contributed by atoms with E-state index in [1.54, 1.807) is 34.7 Å². The molecular weight excluding hydrogens is 497 g/mol. The summed E-state index contributed by atoms with van der Waals surface area (Å²) in [6.45, 7) is 4.78. The minimum atomic E-state index is -4.77. The quantitative estimate of drug-likeness (QED) is 0.357. The number of aryl methyl sites for hydroxylation is 1. The van der Waals surface area contributed by atoms with Crippen LogP contribution >= 0.6 is 11.3 Å². The molecular formula is C23H23F3N6O3S. The van der Waals surface area contributed by atoms with Crippen LogP contribution < -0.4 is 15.4 Å². The zero-order valence-electron chi connectivity index (χ0n) is 19.6. The lowest BCUT2D eigenvalue weighted by Gasteiger charge is -2.18. The van der Waals surface area contributed by atoms with Crippen LogP contribution in [0.25, 0.3) is 21.3 Å². The third kappa shape index (κ3) is 5.51. The first-order valence-corrected chi connectivity index (χ1v) is 11.9. The molecule has 0 aliphatic heterocycles. The van der Waals surface area contributed by atoms with Crippen LogP contribution in [0.2, 0.25) is 0 Å². The highest BCUT2D eigenvalue weighted by molar-refractivity contribution is 7.22. The van der Waals surface area contributed by atoms with E-state index in [0.717, 1.165) is 16.9 Å². The number of hydrogen-bond acceptors (Lipinski definition) is 7. The monoisotopic (exact) mass is 520 g/mol. The van der Waals surface area contributed by atoms with Gasteiger partial charge in [0.05, 0.1) is 27.8 Å². The number of carbonyl (C=O) groups is 2. The normalized spacial score (nSPS) is 11.6. The number of aromatic nitrogens is 3. The highest BCUT2D eigenvalue weighted by atomic mass is 32.1. The lowest BCUT2D eigenvalue weighted by molar-refractivity contribution is -0.274. The lowest BCUT2D eigenvalue weighted by Crippen LogP contribution is -2.39. The fourth-order valence-electron chi connectivity index (χ4n) is 3.65. The number of rotatable bonds is 8. The van der Waals surface area contributed by atoms with Gasteiger partial charge in [-0.15, -0.1) is 13.2 Å². The molecule has 0 unspecified atom stereocenters. The molecule has 2 heterocycles. The Morgan fingerprint density at radius 1 is 1.08 bits per heavy atom. The van der Waals surface area contributed by atoms with Crippen molar-refractivity contribution in [3.05, 3.63) is 42.0 Å². The van der Waals surface area contributed by atoms with Crippen LogP contribution in [0.15, 0.2) is 36.4 Å². The maximum atomic E-state index is 12.6. The number of thiazole rings is 1. The van der Waals surface area contributed by atoms with Crippen molar-refractivity contribution < 1.29 is 27.5 Å². The zero-order chi connectivity index (χ0) is 26.0. The van der Waals surface area contributed by atoms with Gasteiger partial charge in [-0.2, -0.15) is 0 Å². The fraction of sp³-hybridized carbons (Fsp3) is 0.304. The van der Waals surface area contributed by atoms with E-state index in [1.807, 2.05) is 13.8 Å². The molecule has 2 aromatic carbocycles. The van der Waals surface area contributed by atoms with Crippen molar-refractivity contribution in [1.82, 2.24) is 24.8 Å². The minimum absolute atomic E-state index is 0.0963. The Labute approximate surface area is 207 Å². The Morgan fingerprint density at radius 2 is 1.83 bits per heavy atom. The van der Waals surface area contributed by atoms with Crippen LogP contribution in [0.3, 0.4) is 0 Å². The number of benzene rings is 2. The fourth-order valence-corrected chi connectivity index (χ4v) is 4.54. The van der Waals surface area contributed by atoms with Crippen molar-refractivity contribution in [3.8, 4) is 5.75 Å². The van der Waals surface area contributed by atoms with Gasteiger partial charge in [-0.1, -0.05) is 11.3 Å². The van der Waals surface area contributed by atoms with E-state index >= 15 is 0 Å². The summed E-state index contributed by atoms with van der Waals surface area (Å²) in [5.74, 6) is -0.435. The molecule has 0 aliphatic carbocycles. The molecule has 0 saturated heterocycles. The summed E-state index contributed by atoms with van der Waals surface area (Å²) >= 11 is 1.15. The largest absolute Gasteiger partial charge is 0.573 e. The number of ether oxygens (including phenoxy) is 1. The Bertz CT molecular complexity index is 1430. The average Bonchev–Trinajstić information content (AvgIpc) is 3.36. The van der Waals surface area contributed by atoms with Gasteiger partial charge in [0.1, 0.15) is 5.75 Å². The first-order chi connectivity index (χ1) is 17.1. The number of alkyl halides is 3. The summed E-state index contributed by atoms with van der Waals surface area (Å²) in [6, 6.07) is 8.94. The number of nitrogens with zero attached hydrogens (tertiary/aromatic N) is 4. The molecule has 0 bridgehead atoms. The maximum absolute atomic E-state index is 12.6. The third-order valence-electron chi connectivity index (χ3n) is 5.47. The van der Waals surface area contributed by atoms with Crippen LogP contribution in [0.1, 0.15) is 24.2 Å². The van der Waals surface area contributed by atoms with Gasteiger partial charge in [0.25, 0.3) is 5.91 Å². The van der Waals surface area contributed by atoms with E-state index in [4.69, 9.17) is 0 Å². The molecule has 0 radical (unpaired) electrons. The molecule has 190 valence electrons. The van der Waals surface area contributed by atoms with E-state index in [9.17, 15) is 22.8 Å². The first-order valence-electron chi connectivity index (χ1n) is 11.0. The Kier molecular flexibility index (Phi) is 7.02. The third-order valence-corrected chi connectivity index (χ3v) is 6.41. The van der Waals surface area contributed by atoms with Crippen LogP contribution in [0.4, 0.5) is 24.3 Å². The molecule has 9 nitrogen and oxygen atoms in total. The Morgan fingerprint density at radius 3 is 2.53 bits per heavy atom. The molecule has 2 aromatic heterocycles. The molecule has 4 aromatic rings. The summed E-state index contributed by atoms with van der Waals surface area (Å²) < 4.78 is 43.7. The van der Waals surface area contributed by atoms with Crippen molar-refractivity contribution in [3.63, 3.8) is 0 Å². The van der Waals surface area contributed by atoms with Crippen molar-refractivity contribution in [2.24, 2.45) is 7.05 Å². The van der Waals surface area contributed by atoms with Crippen LogP contribution in [-0.4, -0.2) is 57.2 Å². The van der Waals surface area contributed by atoms with E-state index in [2.05, 4.69) is 25.3 Å². The molecule has 0 atom stereocenters. The van der Waals surface area contributed by atoms with Gasteiger partial charge in [0, 0.05) is 31.8 Å². The SMILES string of the molecule is CCN(CC)C(=O)CNC(=O)c1ccc2c(c1)nc(Nc1nc3ccc(OC(F)(F)F)cc3s1)n2C. The average molecular weight is 521 g/mol. The summed E-state index contributed by atoms with van der Waals surface area (Å²) in [5.41, 5.74) is 2.16. The van der Waals surface area contributed by atoms with E-state index in [1.165, 1.54) is 18.2 Å². The molecule has 0 fully saturated rings. The molecule has 0 spiro atoms. The van der Waals surface area contributed by atoms with Crippen molar-refractivity contribution in [2.75, 3.05) is 25.0 Å². The second-order valence-electron chi connectivity index (χ2n) is 7.77. The number of likely N-dealkylation sites (N-methyl/N-ethyl adjacent to an activating group) is 1. The van der Waals surface area contributed by atoms with Gasteiger partial charge in [-0.25, -0.2) is 9.97 Å². The van der Waals surface area contributed by atoms with Gasteiger partial charge in [0.15, 0.2) is 5.13 Å². The van der Waals surface area contributed by atoms with Gasteiger partial charge >= 0.3 is 6.36 Å². The highest BCUT2D eigenvalue weighted by Gasteiger charge is 2.31. The number of fused-ring (bicyclic) bond motifs is 2. The number of halogens is 3. The summed E-state index contributed by atoms with van der Waals surface area (Å²) in [5, 5.41) is 6.15. The molecule has 36 heavy (non-hydrogen) atoms. The van der Waals surface area contributed by atoms with Crippen molar-refractivity contribution in [1.29, 1.82) is 0 Å². The van der Waals surface area contributed by atoms with E-state index in [-0.39, 0.29) is 24.1 Å². The summed E-state index contributed by atoms with van der Waals surface area (Å²) in [4.78, 5) is 35.3. The topological polar surface area (TPSA) is 101 Å². The smallest absolute Gasteiger partial charge is 0.406 e. The number of anilines is 2. The summed E-state index contributed by atoms with van der Waals surface area (Å²) in [7, 11) is 1.78. The molecule has 4 rings (SSSR count). The van der Waals surface area contributed by atoms with Gasteiger partial charge in [0.2, 0.25) is 11.9 Å². The molecule has 0 aliphatic rings. The van der Waals surface area contributed by atoms with Gasteiger partial charge in [-0.05, 0) is 44.2 Å². The van der Waals surface area contributed by atoms with Gasteiger partial charge in [-0.3, -0.25) is 9.59 Å². The summed E-state index contributed by atoms with van der Waals surface area (Å²) in [6.07, 6.45) is -4.77. The second-order valence-corrected chi connectivity index (χ2v) is 8.80. The maximum Gasteiger partial charge on any atom is 0.573 e. The molecule has 2 N–H and O–H groups in total. The molecule has 0 saturated carbocycles. The van der Waals surface area contributed by atoms with E-state index in [0.29, 0.717) is 45.5 Å². The first kappa shape index (κ1) is 25.2. The number of imidazole rings is 1. The second kappa shape index (κ2) is 10.0. The van der Waals surface area contributed by atoms with Crippen LogP contribution in [-0.2, 0) is 11.8 Å². The number of hydrogen-bond donors (Lipinski definition) is 2. The Balaban J connectivity index is 1.50. The number of amides is 2. The Hall–Kier alpha value is -3.87. The zero-order valence-corrected chi connectivity index (χ0v) is 20.5. The number of carbonyl (C=O) groups excluding carboxylic acids is 2. The van der Waals surface area contributed by atoms with E-state index < -0.39 is 6.36 Å². The molecule has 2 amide bonds. The minimum Gasteiger partial charge on any atom is -0.406 e. The lowest BCUT2D eigenvalue weighted by atomic mass is 10.2. The van der Waals surface area contributed by atoms with Gasteiger partial charge < -0.3 is 24.8 Å². The standard InChI is InChI=1S/C23H23F3N6O3S/c1-4-32(5-2)19(33)12-27-20(34)13-6-9-17-16(10-13)28-21(31(17)3)30-22-29-15-8-7-14(11-18(15)36-22)35-23(24,25)26/h6-11H,4-5,12H2,1-3H3,(H,27,34)(H,28,29,30). The van der Waals surface area contributed by atoms with Crippen LogP contribution in [0.5, 0.6) is 5.75 Å².